The molecule has 0 fully saturated rings. The summed E-state index contributed by atoms with van der Waals surface area (Å²) in [6.45, 7) is 5.41. The minimum atomic E-state index is -4.15. The molecule has 1 unspecified atom stereocenters. The zero-order chi connectivity index (χ0) is 13.9. The monoisotopic (exact) mass is 261 g/mol. The Bertz CT molecular complexity index is 392. The van der Waals surface area contributed by atoms with Gasteiger partial charge in [-0.05, 0) is 37.5 Å². The molecule has 5 heteroatoms. The highest BCUT2D eigenvalue weighted by Gasteiger charge is 2.29. The minimum absolute atomic E-state index is 0.238. The van der Waals surface area contributed by atoms with Crippen molar-refractivity contribution in [2.45, 2.75) is 46.0 Å². The van der Waals surface area contributed by atoms with Gasteiger partial charge in [-0.15, -0.1) is 0 Å². The van der Waals surface area contributed by atoms with E-state index in [2.05, 4.69) is 5.32 Å². The number of phenolic OH excluding ortho intramolecular Hbond substituents is 1. The molecule has 0 radical (unpaired) electrons. The van der Waals surface area contributed by atoms with Gasteiger partial charge in [0.05, 0.1) is 6.42 Å². The van der Waals surface area contributed by atoms with Gasteiger partial charge in [0.2, 0.25) is 0 Å². The number of nitrogens with one attached hydrogen (secondary N) is 1. The van der Waals surface area contributed by atoms with Crippen molar-refractivity contribution in [3.8, 4) is 5.75 Å². The molecule has 0 aliphatic heterocycles. The first-order valence-corrected chi connectivity index (χ1v) is 5.78. The van der Waals surface area contributed by atoms with Gasteiger partial charge in [-0.1, -0.05) is 12.1 Å². The lowest BCUT2D eigenvalue weighted by molar-refractivity contribution is -0.139. The number of aromatic hydroxyl groups is 1. The fourth-order valence-corrected chi connectivity index (χ4v) is 1.86. The third-order valence-electron chi connectivity index (χ3n) is 2.74. The number of halogens is 3. The molecule has 0 bridgehead atoms. The van der Waals surface area contributed by atoms with E-state index in [1.54, 1.807) is 26.0 Å². The van der Waals surface area contributed by atoms with Crippen molar-refractivity contribution in [2.75, 3.05) is 0 Å². The average Bonchev–Trinajstić information content (AvgIpc) is 2.20. The number of aryl methyl sites for hydroxylation is 2. The lowest BCUT2D eigenvalue weighted by Crippen LogP contribution is -2.30. The van der Waals surface area contributed by atoms with E-state index in [4.69, 9.17) is 0 Å². The molecular formula is C13H18F3NO. The SMILES string of the molecule is Cc1cc(CNC(C)CC(F)(F)F)cc(C)c1O. The molecule has 0 saturated carbocycles. The van der Waals surface area contributed by atoms with Crippen LogP contribution in [0.15, 0.2) is 12.1 Å². The Labute approximate surface area is 105 Å². The van der Waals surface area contributed by atoms with Crippen LogP contribution in [0.25, 0.3) is 0 Å². The zero-order valence-corrected chi connectivity index (χ0v) is 10.7. The molecule has 1 aromatic carbocycles. The summed E-state index contributed by atoms with van der Waals surface area (Å²) in [5, 5.41) is 12.4. The van der Waals surface area contributed by atoms with Crippen molar-refractivity contribution in [1.82, 2.24) is 5.32 Å². The predicted molar refractivity (Wildman–Crippen MR) is 64.6 cm³/mol. The minimum Gasteiger partial charge on any atom is -0.507 e. The van der Waals surface area contributed by atoms with E-state index < -0.39 is 18.6 Å². The first-order valence-electron chi connectivity index (χ1n) is 5.78. The summed E-state index contributed by atoms with van der Waals surface area (Å²) >= 11 is 0. The van der Waals surface area contributed by atoms with Crippen LogP contribution in [-0.2, 0) is 6.54 Å². The van der Waals surface area contributed by atoms with Gasteiger partial charge >= 0.3 is 6.18 Å². The Balaban J connectivity index is 2.59. The van der Waals surface area contributed by atoms with Gasteiger partial charge < -0.3 is 10.4 Å². The van der Waals surface area contributed by atoms with E-state index in [-0.39, 0.29) is 5.75 Å². The summed E-state index contributed by atoms with van der Waals surface area (Å²) in [5.41, 5.74) is 2.34. The Morgan fingerprint density at radius 2 is 1.72 bits per heavy atom. The second-order valence-corrected chi connectivity index (χ2v) is 4.68. The smallest absolute Gasteiger partial charge is 0.390 e. The number of rotatable bonds is 4. The molecule has 1 rings (SSSR count). The zero-order valence-electron chi connectivity index (χ0n) is 10.7. The van der Waals surface area contributed by atoms with Crippen molar-refractivity contribution in [2.24, 2.45) is 0 Å². The maximum absolute atomic E-state index is 12.1. The van der Waals surface area contributed by atoms with Crippen LogP contribution < -0.4 is 5.32 Å². The summed E-state index contributed by atoms with van der Waals surface area (Å²) in [5.74, 6) is 0.238. The van der Waals surface area contributed by atoms with Crippen LogP contribution in [0.3, 0.4) is 0 Å². The molecular weight excluding hydrogens is 243 g/mol. The van der Waals surface area contributed by atoms with E-state index >= 15 is 0 Å². The number of hydrogen-bond acceptors (Lipinski definition) is 2. The van der Waals surface area contributed by atoms with Crippen molar-refractivity contribution in [1.29, 1.82) is 0 Å². The van der Waals surface area contributed by atoms with Gasteiger partial charge in [0.1, 0.15) is 5.75 Å². The van der Waals surface area contributed by atoms with E-state index in [9.17, 15) is 18.3 Å². The molecule has 0 heterocycles. The summed E-state index contributed by atoms with van der Waals surface area (Å²) in [7, 11) is 0. The first-order chi connectivity index (χ1) is 8.19. The average molecular weight is 261 g/mol. The van der Waals surface area contributed by atoms with Gasteiger partial charge in [-0.3, -0.25) is 0 Å². The number of benzene rings is 1. The predicted octanol–water partition coefficient (Wildman–Crippen LogP) is 3.44. The number of alkyl halides is 3. The van der Waals surface area contributed by atoms with Crippen LogP contribution >= 0.6 is 0 Å². The Morgan fingerprint density at radius 3 is 2.17 bits per heavy atom. The third-order valence-corrected chi connectivity index (χ3v) is 2.74. The highest BCUT2D eigenvalue weighted by atomic mass is 19.4. The Morgan fingerprint density at radius 1 is 1.22 bits per heavy atom. The van der Waals surface area contributed by atoms with Crippen molar-refractivity contribution < 1.29 is 18.3 Å². The second kappa shape index (κ2) is 5.61. The van der Waals surface area contributed by atoms with Gasteiger partial charge in [-0.2, -0.15) is 13.2 Å². The maximum Gasteiger partial charge on any atom is 0.390 e. The molecule has 0 aliphatic rings. The van der Waals surface area contributed by atoms with Crippen molar-refractivity contribution >= 4 is 0 Å². The van der Waals surface area contributed by atoms with Crippen molar-refractivity contribution in [3.63, 3.8) is 0 Å². The maximum atomic E-state index is 12.1. The van der Waals surface area contributed by atoms with Crippen molar-refractivity contribution in [3.05, 3.63) is 28.8 Å². The van der Waals surface area contributed by atoms with E-state index in [0.29, 0.717) is 6.54 Å². The Hall–Kier alpha value is -1.23. The summed E-state index contributed by atoms with van der Waals surface area (Å²) in [6.07, 6.45) is -4.99. The highest BCUT2D eigenvalue weighted by Crippen LogP contribution is 2.24. The van der Waals surface area contributed by atoms with Gasteiger partial charge in [0.15, 0.2) is 0 Å². The molecule has 2 nitrogen and oxygen atoms in total. The van der Waals surface area contributed by atoms with Crippen LogP contribution in [0.1, 0.15) is 30.0 Å². The van der Waals surface area contributed by atoms with Crippen LogP contribution in [0, 0.1) is 13.8 Å². The fraction of sp³-hybridized carbons (Fsp3) is 0.538. The lowest BCUT2D eigenvalue weighted by Gasteiger charge is -2.16. The molecule has 1 aromatic rings. The van der Waals surface area contributed by atoms with Crippen LogP contribution in [0.4, 0.5) is 13.2 Å². The molecule has 102 valence electrons. The topological polar surface area (TPSA) is 32.3 Å². The molecule has 2 N–H and O–H groups in total. The van der Waals surface area contributed by atoms with Gasteiger partial charge in [-0.25, -0.2) is 0 Å². The molecule has 0 amide bonds. The van der Waals surface area contributed by atoms with E-state index in [1.807, 2.05) is 0 Å². The molecule has 0 aliphatic carbocycles. The lowest BCUT2D eigenvalue weighted by atomic mass is 10.1. The van der Waals surface area contributed by atoms with Crippen LogP contribution in [-0.4, -0.2) is 17.3 Å². The summed E-state index contributed by atoms with van der Waals surface area (Å²) in [4.78, 5) is 0. The molecule has 0 spiro atoms. The first kappa shape index (κ1) is 14.8. The second-order valence-electron chi connectivity index (χ2n) is 4.68. The van der Waals surface area contributed by atoms with E-state index in [1.165, 1.54) is 6.92 Å². The molecule has 0 saturated heterocycles. The third kappa shape index (κ3) is 4.56. The van der Waals surface area contributed by atoms with Crippen LogP contribution in [0.5, 0.6) is 5.75 Å². The number of hydrogen-bond donors (Lipinski definition) is 2. The quantitative estimate of drug-likeness (QED) is 0.870. The fourth-order valence-electron chi connectivity index (χ4n) is 1.86. The molecule has 1 atom stereocenters. The van der Waals surface area contributed by atoms with Crippen LogP contribution in [0.2, 0.25) is 0 Å². The highest BCUT2D eigenvalue weighted by molar-refractivity contribution is 5.42. The Kier molecular flexibility index (Phi) is 4.62. The summed E-state index contributed by atoms with van der Waals surface area (Å²) in [6, 6.07) is 2.92. The largest absolute Gasteiger partial charge is 0.507 e. The standard InChI is InChI=1S/C13H18F3NO/c1-8-4-11(5-9(2)12(8)18)7-17-10(3)6-13(14,15)16/h4-5,10,17-18H,6-7H2,1-3H3. The molecule has 0 aromatic heterocycles. The number of phenols is 1. The van der Waals surface area contributed by atoms with Gasteiger partial charge in [0.25, 0.3) is 0 Å². The van der Waals surface area contributed by atoms with E-state index in [0.717, 1.165) is 16.7 Å². The summed E-state index contributed by atoms with van der Waals surface area (Å²) < 4.78 is 36.4. The van der Waals surface area contributed by atoms with Gasteiger partial charge in [0, 0.05) is 12.6 Å². The normalized spacial score (nSPS) is 13.7. The molecule has 18 heavy (non-hydrogen) atoms.